The first-order chi connectivity index (χ1) is 16.8. The summed E-state index contributed by atoms with van der Waals surface area (Å²) in [6, 6.07) is 8.42. The highest BCUT2D eigenvalue weighted by Crippen LogP contribution is 2.36. The zero-order chi connectivity index (χ0) is 25.0. The van der Waals surface area contributed by atoms with Crippen LogP contribution < -0.4 is 4.74 Å². The summed E-state index contributed by atoms with van der Waals surface area (Å²) >= 11 is 0. The van der Waals surface area contributed by atoms with Gasteiger partial charge in [0.05, 0.1) is 6.61 Å². The van der Waals surface area contributed by atoms with Crippen LogP contribution in [0.3, 0.4) is 0 Å². The Hall–Kier alpha value is -2.92. The van der Waals surface area contributed by atoms with Crippen molar-refractivity contribution in [1.82, 2.24) is 24.2 Å². The Morgan fingerprint density at radius 1 is 1.14 bits per heavy atom. The van der Waals surface area contributed by atoms with Gasteiger partial charge in [0.2, 0.25) is 10.0 Å². The van der Waals surface area contributed by atoms with Crippen LogP contribution in [0.4, 0.5) is 0 Å². The van der Waals surface area contributed by atoms with E-state index in [1.807, 2.05) is 26.1 Å². The average molecular weight is 498 g/mol. The van der Waals surface area contributed by atoms with Gasteiger partial charge in [-0.25, -0.2) is 18.4 Å². The van der Waals surface area contributed by atoms with E-state index in [9.17, 15) is 13.5 Å². The van der Waals surface area contributed by atoms with Gasteiger partial charge in [-0.3, -0.25) is 9.88 Å². The Balaban J connectivity index is 1.72. The van der Waals surface area contributed by atoms with Crippen LogP contribution in [0.25, 0.3) is 11.1 Å². The molecule has 0 amide bonds. The molecule has 0 radical (unpaired) electrons. The standard InChI is InChI=1S/C25H31N5O4S/c1-18-13-30(19(2)16-31)35(32,33)25-5-4-21(22-11-27-17-28-12-22)10-23(25)34-24(18)15-29(3)14-20-6-8-26-9-7-20/h4-12,17-19,24,31H,13-16H2,1-3H3/t18-,19+,24+/m0/s1. The molecule has 3 heterocycles. The van der Waals surface area contributed by atoms with Gasteiger partial charge in [-0.1, -0.05) is 13.0 Å². The molecule has 10 heteroatoms. The summed E-state index contributed by atoms with van der Waals surface area (Å²) in [5.74, 6) is 0.158. The van der Waals surface area contributed by atoms with Crippen molar-refractivity contribution in [2.24, 2.45) is 5.92 Å². The first-order valence-corrected chi connectivity index (χ1v) is 13.0. The number of pyridine rings is 1. The van der Waals surface area contributed by atoms with Gasteiger partial charge in [0.1, 0.15) is 23.1 Å². The highest BCUT2D eigenvalue weighted by molar-refractivity contribution is 7.89. The molecule has 1 aliphatic rings. The maximum absolute atomic E-state index is 13.6. The lowest BCUT2D eigenvalue weighted by atomic mass is 10.0. The number of benzene rings is 1. The molecule has 4 rings (SSSR count). The molecule has 1 N–H and O–H groups in total. The molecule has 35 heavy (non-hydrogen) atoms. The van der Waals surface area contributed by atoms with Gasteiger partial charge in [0, 0.05) is 61.9 Å². The van der Waals surface area contributed by atoms with Crippen molar-refractivity contribution >= 4 is 10.0 Å². The lowest BCUT2D eigenvalue weighted by Crippen LogP contribution is -2.49. The van der Waals surface area contributed by atoms with E-state index < -0.39 is 16.1 Å². The molecule has 1 aromatic carbocycles. The molecule has 1 aliphatic heterocycles. The van der Waals surface area contributed by atoms with Crippen molar-refractivity contribution < 1.29 is 18.3 Å². The largest absolute Gasteiger partial charge is 0.487 e. The fourth-order valence-corrected chi connectivity index (χ4v) is 6.07. The monoisotopic (exact) mass is 497 g/mol. The molecule has 9 nitrogen and oxygen atoms in total. The summed E-state index contributed by atoms with van der Waals surface area (Å²) in [7, 11) is -1.88. The molecule has 0 saturated carbocycles. The van der Waals surface area contributed by atoms with Crippen LogP contribution in [-0.2, 0) is 16.6 Å². The zero-order valence-corrected chi connectivity index (χ0v) is 21.0. The number of rotatable bonds is 7. The maximum Gasteiger partial charge on any atom is 0.247 e. The fourth-order valence-electron chi connectivity index (χ4n) is 4.24. The van der Waals surface area contributed by atoms with Crippen LogP contribution in [-0.4, -0.2) is 76.6 Å². The average Bonchev–Trinajstić information content (AvgIpc) is 2.86. The van der Waals surface area contributed by atoms with E-state index in [-0.39, 0.29) is 35.8 Å². The number of nitrogens with zero attached hydrogens (tertiary/aromatic N) is 5. The topological polar surface area (TPSA) is 109 Å². The van der Waals surface area contributed by atoms with Crippen molar-refractivity contribution in [2.75, 3.05) is 26.7 Å². The van der Waals surface area contributed by atoms with Crippen molar-refractivity contribution in [2.45, 2.75) is 37.4 Å². The minimum absolute atomic E-state index is 0.0899. The van der Waals surface area contributed by atoms with Crippen molar-refractivity contribution in [3.63, 3.8) is 0 Å². The summed E-state index contributed by atoms with van der Waals surface area (Å²) in [5.41, 5.74) is 2.66. The second-order valence-corrected chi connectivity index (χ2v) is 10.9. The number of ether oxygens (including phenoxy) is 1. The van der Waals surface area contributed by atoms with E-state index in [2.05, 4.69) is 19.9 Å². The van der Waals surface area contributed by atoms with Crippen LogP contribution in [0, 0.1) is 5.92 Å². The van der Waals surface area contributed by atoms with Crippen molar-refractivity contribution in [1.29, 1.82) is 0 Å². The summed E-state index contributed by atoms with van der Waals surface area (Å²) in [4.78, 5) is 14.5. The zero-order valence-electron chi connectivity index (χ0n) is 20.2. The van der Waals surface area contributed by atoms with Gasteiger partial charge in [-0.05, 0) is 49.4 Å². The molecule has 0 unspecified atom stereocenters. The SMILES string of the molecule is C[C@H](CO)N1C[C@H](C)[C@@H](CN(C)Cc2ccncc2)Oc2cc(-c3cncnc3)ccc2S1(=O)=O. The lowest BCUT2D eigenvalue weighted by Gasteiger charge is -2.37. The number of aliphatic hydroxyl groups is 1. The number of aromatic nitrogens is 3. The Labute approximate surface area is 206 Å². The molecule has 0 aliphatic carbocycles. The Kier molecular flexibility index (Phi) is 7.75. The molecule has 0 fully saturated rings. The number of likely N-dealkylation sites (N-methyl/N-ethyl adjacent to an activating group) is 1. The number of fused-ring (bicyclic) bond motifs is 1. The van der Waals surface area contributed by atoms with Crippen LogP contribution >= 0.6 is 0 Å². The van der Waals surface area contributed by atoms with Gasteiger partial charge in [0.25, 0.3) is 0 Å². The second-order valence-electron chi connectivity index (χ2n) is 9.08. The Morgan fingerprint density at radius 2 is 1.86 bits per heavy atom. The lowest BCUT2D eigenvalue weighted by molar-refractivity contribution is 0.0734. The van der Waals surface area contributed by atoms with Gasteiger partial charge in [-0.2, -0.15) is 4.31 Å². The highest BCUT2D eigenvalue weighted by Gasteiger charge is 2.38. The highest BCUT2D eigenvalue weighted by atomic mass is 32.2. The van der Waals surface area contributed by atoms with Crippen LogP contribution in [0.2, 0.25) is 0 Å². The van der Waals surface area contributed by atoms with Crippen LogP contribution in [0.5, 0.6) is 5.75 Å². The summed E-state index contributed by atoms with van der Waals surface area (Å²) in [6.07, 6.45) is 8.04. The second kappa shape index (κ2) is 10.8. The smallest absolute Gasteiger partial charge is 0.247 e. The summed E-state index contributed by atoms with van der Waals surface area (Å²) < 4.78 is 35.1. The van der Waals surface area contributed by atoms with E-state index in [0.717, 1.165) is 16.7 Å². The Morgan fingerprint density at radius 3 is 2.54 bits per heavy atom. The first kappa shape index (κ1) is 25.2. The van der Waals surface area contributed by atoms with Crippen molar-refractivity contribution in [3.8, 4) is 16.9 Å². The van der Waals surface area contributed by atoms with Gasteiger partial charge < -0.3 is 9.84 Å². The normalized spacial score (nSPS) is 20.9. The molecular weight excluding hydrogens is 466 g/mol. The third-order valence-electron chi connectivity index (χ3n) is 6.25. The third kappa shape index (κ3) is 5.67. The fraction of sp³-hybridized carbons (Fsp3) is 0.400. The quantitative estimate of drug-likeness (QED) is 0.530. The number of hydrogen-bond donors (Lipinski definition) is 1. The Bertz CT molecular complexity index is 1230. The predicted octanol–water partition coefficient (Wildman–Crippen LogP) is 2.44. The van der Waals surface area contributed by atoms with E-state index >= 15 is 0 Å². The molecular formula is C25H31N5O4S. The number of hydrogen-bond acceptors (Lipinski definition) is 8. The minimum atomic E-state index is -3.89. The molecule has 0 saturated heterocycles. The number of sulfonamides is 1. The summed E-state index contributed by atoms with van der Waals surface area (Å²) in [5, 5.41) is 9.82. The number of aliphatic hydroxyl groups excluding tert-OH is 1. The third-order valence-corrected chi connectivity index (χ3v) is 8.27. The van der Waals surface area contributed by atoms with Gasteiger partial charge >= 0.3 is 0 Å². The molecule has 0 bridgehead atoms. The van der Waals surface area contributed by atoms with Gasteiger partial charge in [0.15, 0.2) is 0 Å². The molecule has 2 aromatic heterocycles. The van der Waals surface area contributed by atoms with E-state index in [1.165, 1.54) is 10.6 Å². The van der Waals surface area contributed by atoms with E-state index in [1.54, 1.807) is 49.9 Å². The van der Waals surface area contributed by atoms with Gasteiger partial charge in [-0.15, -0.1) is 0 Å². The van der Waals surface area contributed by atoms with Crippen LogP contribution in [0.1, 0.15) is 19.4 Å². The molecule has 186 valence electrons. The van der Waals surface area contributed by atoms with Crippen LogP contribution in [0.15, 0.2) is 66.3 Å². The summed E-state index contributed by atoms with van der Waals surface area (Å²) in [6.45, 7) is 4.96. The first-order valence-electron chi connectivity index (χ1n) is 11.6. The van der Waals surface area contributed by atoms with E-state index in [0.29, 0.717) is 13.1 Å². The van der Waals surface area contributed by atoms with E-state index in [4.69, 9.17) is 4.74 Å². The van der Waals surface area contributed by atoms with Crippen molar-refractivity contribution in [3.05, 3.63) is 67.0 Å². The predicted molar refractivity (Wildman–Crippen MR) is 132 cm³/mol. The maximum atomic E-state index is 13.6. The molecule has 3 atom stereocenters. The molecule has 0 spiro atoms. The molecule has 3 aromatic rings. The minimum Gasteiger partial charge on any atom is -0.487 e.